The first-order chi connectivity index (χ1) is 9.93. The second-order valence-electron chi connectivity index (χ2n) is 4.79. The Balaban J connectivity index is 2.52. The number of hydrogen-bond acceptors (Lipinski definition) is 1. The summed E-state index contributed by atoms with van der Waals surface area (Å²) in [6, 6.07) is 7.09. The molecule has 0 aliphatic carbocycles. The highest BCUT2D eigenvalue weighted by Gasteiger charge is 2.20. The summed E-state index contributed by atoms with van der Waals surface area (Å²) >= 11 is 11.7. The SMILES string of the molecule is CCNC(c1ccc(C)c(Cl)c1)c1cc(F)c(Cl)cc1F. The van der Waals surface area contributed by atoms with Gasteiger partial charge in [0.1, 0.15) is 11.6 Å². The monoisotopic (exact) mass is 329 g/mol. The topological polar surface area (TPSA) is 12.0 Å². The molecule has 1 unspecified atom stereocenters. The van der Waals surface area contributed by atoms with E-state index in [1.807, 2.05) is 26.0 Å². The fourth-order valence-electron chi connectivity index (χ4n) is 2.16. The molecule has 0 spiro atoms. The number of nitrogens with one attached hydrogen (secondary N) is 1. The van der Waals surface area contributed by atoms with Crippen molar-refractivity contribution >= 4 is 23.2 Å². The molecule has 0 saturated heterocycles. The van der Waals surface area contributed by atoms with Crippen LogP contribution in [-0.2, 0) is 0 Å². The molecule has 1 atom stereocenters. The molecule has 0 aliphatic heterocycles. The summed E-state index contributed by atoms with van der Waals surface area (Å²) < 4.78 is 27.8. The normalized spacial score (nSPS) is 12.5. The maximum absolute atomic E-state index is 14.1. The fraction of sp³-hybridized carbons (Fsp3) is 0.250. The molecule has 0 saturated carbocycles. The van der Waals surface area contributed by atoms with Crippen LogP contribution in [0.5, 0.6) is 0 Å². The van der Waals surface area contributed by atoms with Crippen molar-refractivity contribution in [1.82, 2.24) is 5.32 Å². The minimum atomic E-state index is -0.644. The van der Waals surface area contributed by atoms with Crippen molar-refractivity contribution in [3.8, 4) is 0 Å². The number of benzene rings is 2. The zero-order chi connectivity index (χ0) is 15.6. The van der Waals surface area contributed by atoms with Gasteiger partial charge in [0.25, 0.3) is 0 Å². The van der Waals surface area contributed by atoms with Crippen molar-refractivity contribution in [2.24, 2.45) is 0 Å². The van der Waals surface area contributed by atoms with Gasteiger partial charge in [-0.3, -0.25) is 0 Å². The van der Waals surface area contributed by atoms with Gasteiger partial charge in [-0.1, -0.05) is 42.3 Å². The van der Waals surface area contributed by atoms with E-state index in [1.54, 1.807) is 6.07 Å². The quantitative estimate of drug-likeness (QED) is 0.752. The van der Waals surface area contributed by atoms with E-state index < -0.39 is 17.7 Å². The third-order valence-electron chi connectivity index (χ3n) is 3.29. The van der Waals surface area contributed by atoms with Crippen molar-refractivity contribution in [1.29, 1.82) is 0 Å². The molecule has 0 fully saturated rings. The van der Waals surface area contributed by atoms with Crippen LogP contribution in [0.3, 0.4) is 0 Å². The molecule has 1 N–H and O–H groups in total. The lowest BCUT2D eigenvalue weighted by Gasteiger charge is -2.20. The highest BCUT2D eigenvalue weighted by molar-refractivity contribution is 6.31. The lowest BCUT2D eigenvalue weighted by Crippen LogP contribution is -2.23. The van der Waals surface area contributed by atoms with E-state index in [4.69, 9.17) is 23.2 Å². The average Bonchev–Trinajstić information content (AvgIpc) is 2.44. The molecular weight excluding hydrogens is 315 g/mol. The third-order valence-corrected chi connectivity index (χ3v) is 3.98. The van der Waals surface area contributed by atoms with E-state index in [0.29, 0.717) is 11.6 Å². The molecule has 0 bridgehead atoms. The van der Waals surface area contributed by atoms with E-state index in [1.165, 1.54) is 0 Å². The van der Waals surface area contributed by atoms with Crippen LogP contribution < -0.4 is 5.32 Å². The highest BCUT2D eigenvalue weighted by atomic mass is 35.5. The summed E-state index contributed by atoms with van der Waals surface area (Å²) in [6.45, 7) is 4.38. The molecule has 5 heteroatoms. The van der Waals surface area contributed by atoms with Crippen molar-refractivity contribution in [3.05, 3.63) is 68.7 Å². The number of hydrogen-bond donors (Lipinski definition) is 1. The van der Waals surface area contributed by atoms with Crippen molar-refractivity contribution < 1.29 is 8.78 Å². The molecule has 2 aromatic rings. The minimum absolute atomic E-state index is 0.207. The summed E-state index contributed by atoms with van der Waals surface area (Å²) in [5, 5.41) is 3.50. The summed E-state index contributed by atoms with van der Waals surface area (Å²) in [4.78, 5) is 0. The third kappa shape index (κ3) is 3.54. The van der Waals surface area contributed by atoms with Crippen LogP contribution in [0.25, 0.3) is 0 Å². The summed E-state index contributed by atoms with van der Waals surface area (Å²) in [5.41, 5.74) is 1.91. The van der Waals surface area contributed by atoms with Gasteiger partial charge in [0, 0.05) is 10.6 Å². The van der Waals surface area contributed by atoms with Gasteiger partial charge in [-0.15, -0.1) is 0 Å². The van der Waals surface area contributed by atoms with Gasteiger partial charge in [-0.2, -0.15) is 0 Å². The maximum Gasteiger partial charge on any atom is 0.142 e. The Morgan fingerprint density at radius 3 is 2.38 bits per heavy atom. The first-order valence-corrected chi connectivity index (χ1v) is 7.33. The van der Waals surface area contributed by atoms with Crippen LogP contribution in [0.15, 0.2) is 30.3 Å². The van der Waals surface area contributed by atoms with Crippen molar-refractivity contribution in [3.63, 3.8) is 0 Å². The standard InChI is InChI=1S/C16H15Cl2F2N/c1-3-21-16(10-5-4-9(2)12(17)6-10)11-7-15(20)13(18)8-14(11)19/h4-8,16,21H,3H2,1-2H3. The molecule has 0 aromatic heterocycles. The molecule has 0 aliphatic rings. The lowest BCUT2D eigenvalue weighted by molar-refractivity contribution is 0.545. The summed E-state index contributed by atoms with van der Waals surface area (Å²) in [7, 11) is 0. The van der Waals surface area contributed by atoms with Crippen molar-refractivity contribution in [2.45, 2.75) is 19.9 Å². The van der Waals surface area contributed by atoms with Gasteiger partial charge in [-0.25, -0.2) is 8.78 Å². The van der Waals surface area contributed by atoms with Crippen LogP contribution in [0.1, 0.15) is 29.7 Å². The first-order valence-electron chi connectivity index (χ1n) is 6.58. The van der Waals surface area contributed by atoms with Gasteiger partial charge in [0.05, 0.1) is 11.1 Å². The van der Waals surface area contributed by atoms with Crippen molar-refractivity contribution in [2.75, 3.05) is 6.54 Å². The van der Waals surface area contributed by atoms with Gasteiger partial charge in [-0.05, 0) is 42.8 Å². The Morgan fingerprint density at radius 2 is 1.76 bits per heavy atom. The average molecular weight is 330 g/mol. The zero-order valence-electron chi connectivity index (χ0n) is 11.7. The van der Waals surface area contributed by atoms with E-state index in [0.717, 1.165) is 23.3 Å². The minimum Gasteiger partial charge on any atom is -0.306 e. The molecular formula is C16H15Cl2F2N. The molecule has 0 radical (unpaired) electrons. The lowest BCUT2D eigenvalue weighted by atomic mass is 9.97. The molecule has 0 amide bonds. The Morgan fingerprint density at radius 1 is 1.05 bits per heavy atom. The van der Waals surface area contributed by atoms with E-state index in [2.05, 4.69) is 5.32 Å². The highest BCUT2D eigenvalue weighted by Crippen LogP contribution is 2.30. The second-order valence-corrected chi connectivity index (χ2v) is 5.60. The molecule has 2 rings (SSSR count). The van der Waals surface area contributed by atoms with Gasteiger partial charge >= 0.3 is 0 Å². The van der Waals surface area contributed by atoms with Crippen LogP contribution in [-0.4, -0.2) is 6.54 Å². The predicted molar refractivity (Wildman–Crippen MR) is 83.1 cm³/mol. The molecule has 1 nitrogen and oxygen atoms in total. The van der Waals surface area contributed by atoms with Crippen LogP contribution in [0.4, 0.5) is 8.78 Å². The Bertz CT molecular complexity index is 659. The maximum atomic E-state index is 14.1. The molecule has 2 aromatic carbocycles. The van der Waals surface area contributed by atoms with Gasteiger partial charge < -0.3 is 5.32 Å². The summed E-state index contributed by atoms with van der Waals surface area (Å²) in [5.74, 6) is -1.20. The van der Waals surface area contributed by atoms with Crippen LogP contribution in [0, 0.1) is 18.6 Å². The molecule has 21 heavy (non-hydrogen) atoms. The van der Waals surface area contributed by atoms with Gasteiger partial charge in [0.15, 0.2) is 0 Å². The Kier molecular flexibility index (Phi) is 5.20. The fourth-order valence-corrected chi connectivity index (χ4v) is 2.50. The zero-order valence-corrected chi connectivity index (χ0v) is 13.2. The first kappa shape index (κ1) is 16.2. The molecule has 0 heterocycles. The predicted octanol–water partition coefficient (Wildman–Crippen LogP) is 5.28. The van der Waals surface area contributed by atoms with E-state index in [-0.39, 0.29) is 10.6 Å². The number of halogens is 4. The van der Waals surface area contributed by atoms with Crippen LogP contribution >= 0.6 is 23.2 Å². The van der Waals surface area contributed by atoms with Gasteiger partial charge in [0.2, 0.25) is 0 Å². The van der Waals surface area contributed by atoms with E-state index >= 15 is 0 Å². The van der Waals surface area contributed by atoms with E-state index in [9.17, 15) is 8.78 Å². The molecule has 112 valence electrons. The largest absolute Gasteiger partial charge is 0.306 e. The number of rotatable bonds is 4. The Labute approximate surface area is 132 Å². The number of aryl methyl sites for hydroxylation is 1. The second kappa shape index (κ2) is 6.73. The summed E-state index contributed by atoms with van der Waals surface area (Å²) in [6.07, 6.45) is 0. The van der Waals surface area contributed by atoms with Crippen LogP contribution in [0.2, 0.25) is 10.0 Å². The smallest absolute Gasteiger partial charge is 0.142 e. The Hall–Kier alpha value is -1.16.